The summed E-state index contributed by atoms with van der Waals surface area (Å²) in [5, 5.41) is 4.15. The number of hydrogen-bond acceptors (Lipinski definition) is 0. The highest BCUT2D eigenvalue weighted by Gasteiger charge is 2.15. The molecule has 0 spiro atoms. The summed E-state index contributed by atoms with van der Waals surface area (Å²) in [5.41, 5.74) is 7.85. The van der Waals surface area contributed by atoms with Crippen LogP contribution in [0.15, 0.2) is 48.5 Å². The Labute approximate surface area is 153 Å². The van der Waals surface area contributed by atoms with Crippen molar-refractivity contribution in [1.82, 2.24) is 0 Å². The Hall–Kier alpha value is -1.91. The third-order valence-corrected chi connectivity index (χ3v) is 6.58. The third-order valence-electron chi connectivity index (χ3n) is 4.30. The maximum Gasteiger partial charge on any atom is -0.0165 e. The van der Waals surface area contributed by atoms with E-state index in [2.05, 4.69) is 96.1 Å². The van der Waals surface area contributed by atoms with Crippen molar-refractivity contribution >= 4 is 23.8 Å². The molecule has 1 heteroatoms. The summed E-state index contributed by atoms with van der Waals surface area (Å²) < 4.78 is 0. The molecular formula is C24H26P-. The van der Waals surface area contributed by atoms with E-state index in [0.29, 0.717) is 0 Å². The molecule has 0 saturated carbocycles. The Morgan fingerprint density at radius 3 is 1.32 bits per heavy atom. The van der Waals surface area contributed by atoms with Gasteiger partial charge in [0.25, 0.3) is 0 Å². The van der Waals surface area contributed by atoms with E-state index in [4.69, 9.17) is 0 Å². The number of benzene rings is 3. The van der Waals surface area contributed by atoms with Crippen LogP contribution < -0.4 is 15.9 Å². The molecule has 0 aromatic heterocycles. The number of aryl methyl sites for hydroxylation is 6. The van der Waals surface area contributed by atoms with Gasteiger partial charge >= 0.3 is 0 Å². The lowest BCUT2D eigenvalue weighted by Gasteiger charge is -2.26. The van der Waals surface area contributed by atoms with Gasteiger partial charge in [0.05, 0.1) is 0 Å². The molecule has 0 saturated heterocycles. The highest BCUT2D eigenvalue weighted by atomic mass is 31.1. The van der Waals surface area contributed by atoms with Gasteiger partial charge in [-0.15, -0.1) is 5.30 Å². The van der Waals surface area contributed by atoms with Crippen LogP contribution in [-0.4, -0.2) is 0 Å². The summed E-state index contributed by atoms with van der Waals surface area (Å²) in [7, 11) is -0.599. The molecule has 0 fully saturated rings. The van der Waals surface area contributed by atoms with Crippen LogP contribution in [0.25, 0.3) is 0 Å². The van der Waals surface area contributed by atoms with Crippen molar-refractivity contribution in [2.45, 2.75) is 41.5 Å². The largest absolute Gasteiger partial charge is 0.172 e. The van der Waals surface area contributed by atoms with E-state index in [-0.39, 0.29) is 0 Å². The van der Waals surface area contributed by atoms with Crippen LogP contribution in [0.2, 0.25) is 0 Å². The number of rotatable bonds is 3. The van der Waals surface area contributed by atoms with Gasteiger partial charge < -0.3 is 0 Å². The van der Waals surface area contributed by atoms with Crippen molar-refractivity contribution in [3.05, 3.63) is 88.0 Å². The molecule has 128 valence electrons. The van der Waals surface area contributed by atoms with Crippen LogP contribution in [0.3, 0.4) is 0 Å². The monoisotopic (exact) mass is 345 g/mol. The molecule has 0 unspecified atom stereocenters. The van der Waals surface area contributed by atoms with Crippen LogP contribution in [0.4, 0.5) is 0 Å². The molecular weight excluding hydrogens is 319 g/mol. The van der Waals surface area contributed by atoms with Gasteiger partial charge in [-0.2, -0.15) is 29.3 Å². The maximum absolute atomic E-state index is 3.65. The standard InChI is InChI=1S/C24H26P/c1-16-7-17(2)11-22(10-16)25(23-12-18(3)8-19(4)13-23)24-14-20(5)9-21(6)15-24/h7-14H,1-6H3/q-1. The van der Waals surface area contributed by atoms with Crippen LogP contribution >= 0.6 is 7.92 Å². The first-order valence-electron chi connectivity index (χ1n) is 8.79. The van der Waals surface area contributed by atoms with E-state index >= 15 is 0 Å². The normalized spacial score (nSPS) is 11.2. The van der Waals surface area contributed by atoms with E-state index in [1.165, 1.54) is 49.3 Å². The zero-order chi connectivity index (χ0) is 18.1. The van der Waals surface area contributed by atoms with Gasteiger partial charge in [0.2, 0.25) is 0 Å². The number of hydrogen-bond donors (Lipinski definition) is 0. The first-order valence-corrected chi connectivity index (χ1v) is 10.1. The summed E-state index contributed by atoms with van der Waals surface area (Å²) in [6, 6.07) is 22.1. The second kappa shape index (κ2) is 7.14. The van der Waals surface area contributed by atoms with E-state index in [9.17, 15) is 0 Å². The zero-order valence-electron chi connectivity index (χ0n) is 16.1. The smallest absolute Gasteiger partial charge is 0.0165 e. The first kappa shape index (κ1) is 17.9. The van der Waals surface area contributed by atoms with Gasteiger partial charge in [-0.3, -0.25) is 0 Å². The van der Waals surface area contributed by atoms with Crippen molar-refractivity contribution < 1.29 is 0 Å². The fraction of sp³-hybridized carbons (Fsp3) is 0.250. The van der Waals surface area contributed by atoms with Crippen molar-refractivity contribution in [3.63, 3.8) is 0 Å². The second-order valence-electron chi connectivity index (χ2n) is 7.25. The van der Waals surface area contributed by atoms with Crippen molar-refractivity contribution in [2.24, 2.45) is 0 Å². The molecule has 0 N–H and O–H groups in total. The average molecular weight is 345 g/mol. The predicted octanol–water partition coefficient (Wildman–Crippen LogP) is 5.10. The Bertz CT molecular complexity index is 738. The van der Waals surface area contributed by atoms with E-state index < -0.39 is 7.92 Å². The van der Waals surface area contributed by atoms with E-state index in [1.54, 1.807) is 0 Å². The lowest BCUT2D eigenvalue weighted by atomic mass is 10.1. The molecule has 0 heterocycles. The lowest BCUT2D eigenvalue weighted by Crippen LogP contribution is -2.22. The minimum Gasteiger partial charge on any atom is -0.172 e. The molecule has 0 atom stereocenters. The average Bonchev–Trinajstić information content (AvgIpc) is 2.44. The minimum atomic E-state index is -0.599. The predicted molar refractivity (Wildman–Crippen MR) is 112 cm³/mol. The van der Waals surface area contributed by atoms with Gasteiger partial charge in [-0.25, -0.2) is 0 Å². The third kappa shape index (κ3) is 4.20. The van der Waals surface area contributed by atoms with Gasteiger partial charge in [0, 0.05) is 0 Å². The summed E-state index contributed by atoms with van der Waals surface area (Å²) >= 11 is 0. The highest BCUT2D eigenvalue weighted by molar-refractivity contribution is 7.79. The highest BCUT2D eigenvalue weighted by Crippen LogP contribution is 2.34. The van der Waals surface area contributed by atoms with Gasteiger partial charge in [0.1, 0.15) is 0 Å². The Kier molecular flexibility index (Phi) is 5.11. The SMILES string of the molecule is Cc1[c-]c(P(c2cc(C)cc(C)c2)c2cc(C)cc(C)c2)cc(C)c1. The zero-order valence-corrected chi connectivity index (χ0v) is 17.0. The molecule has 0 bridgehead atoms. The van der Waals surface area contributed by atoms with Crippen molar-refractivity contribution in [2.75, 3.05) is 0 Å². The lowest BCUT2D eigenvalue weighted by molar-refractivity contribution is 1.39. The Morgan fingerprint density at radius 2 is 0.920 bits per heavy atom. The van der Waals surface area contributed by atoms with Crippen molar-refractivity contribution in [3.8, 4) is 0 Å². The molecule has 3 aromatic carbocycles. The van der Waals surface area contributed by atoms with Crippen LogP contribution in [0.1, 0.15) is 33.4 Å². The Balaban J connectivity index is 2.27. The van der Waals surface area contributed by atoms with Crippen LogP contribution in [0.5, 0.6) is 0 Å². The molecule has 25 heavy (non-hydrogen) atoms. The summed E-state index contributed by atoms with van der Waals surface area (Å²) in [6.07, 6.45) is 0. The molecule has 0 aliphatic carbocycles. The molecule has 0 nitrogen and oxygen atoms in total. The maximum atomic E-state index is 3.65. The second-order valence-corrected chi connectivity index (χ2v) is 9.44. The quantitative estimate of drug-likeness (QED) is 0.458. The fourth-order valence-corrected chi connectivity index (χ4v) is 6.39. The van der Waals surface area contributed by atoms with Gasteiger partial charge in [-0.05, 0) is 46.2 Å². The Morgan fingerprint density at radius 1 is 0.520 bits per heavy atom. The van der Waals surface area contributed by atoms with Crippen molar-refractivity contribution in [1.29, 1.82) is 0 Å². The van der Waals surface area contributed by atoms with Crippen LogP contribution in [-0.2, 0) is 0 Å². The molecule has 0 radical (unpaired) electrons. The minimum absolute atomic E-state index is 0.599. The van der Waals surface area contributed by atoms with E-state index in [0.717, 1.165) is 0 Å². The molecule has 0 aliphatic heterocycles. The molecule has 3 aromatic rings. The molecule has 0 aliphatic rings. The topological polar surface area (TPSA) is 0 Å². The first-order chi connectivity index (χ1) is 11.8. The van der Waals surface area contributed by atoms with Gasteiger partial charge in [-0.1, -0.05) is 72.5 Å². The fourth-order valence-electron chi connectivity index (χ4n) is 3.58. The molecule has 0 amide bonds. The van der Waals surface area contributed by atoms with E-state index in [1.807, 2.05) is 0 Å². The van der Waals surface area contributed by atoms with Crippen LogP contribution in [0, 0.1) is 47.6 Å². The summed E-state index contributed by atoms with van der Waals surface area (Å²) in [4.78, 5) is 0. The summed E-state index contributed by atoms with van der Waals surface area (Å²) in [6.45, 7) is 13.1. The molecule has 3 rings (SSSR count). The van der Waals surface area contributed by atoms with Gasteiger partial charge in [0.15, 0.2) is 0 Å². The summed E-state index contributed by atoms with van der Waals surface area (Å²) in [5.74, 6) is 0.